The summed E-state index contributed by atoms with van der Waals surface area (Å²) < 4.78 is 0. The quantitative estimate of drug-likeness (QED) is 0.740. The van der Waals surface area contributed by atoms with E-state index in [4.69, 9.17) is 0 Å². The zero-order chi connectivity index (χ0) is 15.5. The predicted octanol–water partition coefficient (Wildman–Crippen LogP) is 1.83. The van der Waals surface area contributed by atoms with Crippen molar-refractivity contribution in [1.29, 1.82) is 0 Å². The number of carbonyl (C=O) groups is 1. The molecular formula is C17H31N3O. The Balaban J connectivity index is 1.85. The van der Waals surface area contributed by atoms with Gasteiger partial charge < -0.3 is 14.7 Å². The normalized spacial score (nSPS) is 23.0. The first-order chi connectivity index (χ1) is 9.92. The molecule has 120 valence electrons. The molecule has 4 heteroatoms. The van der Waals surface area contributed by atoms with Gasteiger partial charge in [-0.25, -0.2) is 0 Å². The molecule has 2 rings (SSSR count). The smallest absolute Gasteiger partial charge is 0.246 e. The van der Waals surface area contributed by atoms with E-state index in [1.807, 2.05) is 25.1 Å². The van der Waals surface area contributed by atoms with Gasteiger partial charge in [0.05, 0.1) is 0 Å². The standard InChI is InChI=1S/C17H31N3O/c1-15(2)19-11-6-5-9-17(12-19)13-20(14-17)16(21)8-7-10-18(3)4/h7-8,15H,5-6,9-14H2,1-4H3/b8-7+. The minimum atomic E-state index is 0.183. The Morgan fingerprint density at radius 3 is 2.57 bits per heavy atom. The number of amides is 1. The van der Waals surface area contributed by atoms with Crippen LogP contribution in [0.4, 0.5) is 0 Å². The van der Waals surface area contributed by atoms with Gasteiger partial charge in [-0.2, -0.15) is 0 Å². The molecule has 2 saturated heterocycles. The summed E-state index contributed by atoms with van der Waals surface area (Å²) in [5, 5.41) is 0. The number of likely N-dealkylation sites (N-methyl/N-ethyl adjacent to an activating group) is 1. The molecule has 0 bridgehead atoms. The molecule has 2 heterocycles. The Hall–Kier alpha value is -0.870. The van der Waals surface area contributed by atoms with E-state index in [0.717, 1.165) is 26.2 Å². The average molecular weight is 293 g/mol. The van der Waals surface area contributed by atoms with E-state index < -0.39 is 0 Å². The highest BCUT2D eigenvalue weighted by Gasteiger charge is 2.46. The first-order valence-electron chi connectivity index (χ1n) is 8.26. The van der Waals surface area contributed by atoms with E-state index in [1.54, 1.807) is 6.08 Å². The van der Waals surface area contributed by atoms with Crippen molar-refractivity contribution >= 4 is 5.91 Å². The fourth-order valence-corrected chi connectivity index (χ4v) is 3.49. The second-order valence-corrected chi connectivity index (χ2v) is 7.38. The molecule has 2 aliphatic heterocycles. The van der Waals surface area contributed by atoms with Crippen molar-refractivity contribution in [1.82, 2.24) is 14.7 Å². The number of carbonyl (C=O) groups excluding carboxylic acids is 1. The highest BCUT2D eigenvalue weighted by atomic mass is 16.2. The molecule has 2 fully saturated rings. The molecule has 2 aliphatic rings. The molecule has 0 aliphatic carbocycles. The van der Waals surface area contributed by atoms with Crippen molar-refractivity contribution in [3.05, 3.63) is 12.2 Å². The Bertz CT molecular complexity index is 383. The molecule has 0 aromatic heterocycles. The van der Waals surface area contributed by atoms with Crippen molar-refractivity contribution in [2.75, 3.05) is 46.8 Å². The Morgan fingerprint density at radius 1 is 1.24 bits per heavy atom. The maximum atomic E-state index is 12.1. The van der Waals surface area contributed by atoms with Gasteiger partial charge in [0.1, 0.15) is 0 Å². The first kappa shape index (κ1) is 16.5. The summed E-state index contributed by atoms with van der Waals surface area (Å²) in [6.07, 6.45) is 7.59. The van der Waals surface area contributed by atoms with Crippen LogP contribution < -0.4 is 0 Å². The minimum Gasteiger partial charge on any atom is -0.338 e. The lowest BCUT2D eigenvalue weighted by molar-refractivity contribution is -0.139. The second-order valence-electron chi connectivity index (χ2n) is 7.38. The van der Waals surface area contributed by atoms with Gasteiger partial charge in [0.15, 0.2) is 0 Å². The van der Waals surface area contributed by atoms with Crippen LogP contribution in [0.1, 0.15) is 33.1 Å². The lowest BCUT2D eigenvalue weighted by atomic mass is 9.75. The molecule has 0 atom stereocenters. The summed E-state index contributed by atoms with van der Waals surface area (Å²) in [6, 6.07) is 0.615. The Labute approximate surface area is 129 Å². The number of rotatable bonds is 4. The highest BCUT2D eigenvalue weighted by molar-refractivity contribution is 5.88. The third-order valence-electron chi connectivity index (χ3n) is 4.77. The van der Waals surface area contributed by atoms with E-state index in [0.29, 0.717) is 11.5 Å². The highest BCUT2D eigenvalue weighted by Crippen LogP contribution is 2.39. The van der Waals surface area contributed by atoms with Crippen LogP contribution in [0.25, 0.3) is 0 Å². The van der Waals surface area contributed by atoms with E-state index in [9.17, 15) is 4.79 Å². The van der Waals surface area contributed by atoms with Crippen molar-refractivity contribution in [2.45, 2.75) is 39.2 Å². The van der Waals surface area contributed by atoms with Gasteiger partial charge in [-0.3, -0.25) is 4.79 Å². The Morgan fingerprint density at radius 2 is 1.95 bits per heavy atom. The average Bonchev–Trinajstić information content (AvgIpc) is 2.59. The lowest BCUT2D eigenvalue weighted by Gasteiger charge is -2.51. The lowest BCUT2D eigenvalue weighted by Crippen LogP contribution is -2.62. The predicted molar refractivity (Wildman–Crippen MR) is 87.3 cm³/mol. The summed E-state index contributed by atoms with van der Waals surface area (Å²) in [6.45, 7) is 9.66. The third kappa shape index (κ3) is 4.30. The van der Waals surface area contributed by atoms with Gasteiger partial charge in [-0.1, -0.05) is 12.5 Å². The van der Waals surface area contributed by atoms with Crippen molar-refractivity contribution < 1.29 is 4.79 Å². The first-order valence-corrected chi connectivity index (χ1v) is 8.26. The molecule has 1 amide bonds. The van der Waals surface area contributed by atoms with Crippen LogP contribution in [0, 0.1) is 5.41 Å². The van der Waals surface area contributed by atoms with Crippen LogP contribution in [0.2, 0.25) is 0 Å². The maximum Gasteiger partial charge on any atom is 0.246 e. The summed E-state index contributed by atoms with van der Waals surface area (Å²) in [5.74, 6) is 0.183. The molecule has 1 spiro atoms. The van der Waals surface area contributed by atoms with E-state index in [1.165, 1.54) is 25.8 Å². The second kappa shape index (κ2) is 6.93. The Kier molecular flexibility index (Phi) is 5.44. The molecule has 0 unspecified atom stereocenters. The molecule has 21 heavy (non-hydrogen) atoms. The van der Waals surface area contributed by atoms with Gasteiger partial charge in [-0.15, -0.1) is 0 Å². The number of hydrogen-bond acceptors (Lipinski definition) is 3. The zero-order valence-electron chi connectivity index (χ0n) is 14.1. The molecular weight excluding hydrogens is 262 g/mol. The van der Waals surface area contributed by atoms with Gasteiger partial charge >= 0.3 is 0 Å². The largest absolute Gasteiger partial charge is 0.338 e. The molecule has 0 N–H and O–H groups in total. The fourth-order valence-electron chi connectivity index (χ4n) is 3.49. The SMILES string of the molecule is CC(C)N1CCCCC2(CN(C(=O)/C=C/CN(C)C)C2)C1. The fraction of sp³-hybridized carbons (Fsp3) is 0.824. The number of nitrogens with zero attached hydrogens (tertiary/aromatic N) is 3. The van der Waals surface area contributed by atoms with Gasteiger partial charge in [0.25, 0.3) is 0 Å². The van der Waals surface area contributed by atoms with Crippen LogP contribution in [0.3, 0.4) is 0 Å². The summed E-state index contributed by atoms with van der Waals surface area (Å²) >= 11 is 0. The molecule has 0 radical (unpaired) electrons. The summed E-state index contributed by atoms with van der Waals surface area (Å²) in [4.78, 5) is 18.8. The molecule has 0 saturated carbocycles. The number of likely N-dealkylation sites (tertiary alicyclic amines) is 2. The van der Waals surface area contributed by atoms with Gasteiger partial charge in [0.2, 0.25) is 5.91 Å². The van der Waals surface area contributed by atoms with Crippen LogP contribution >= 0.6 is 0 Å². The zero-order valence-corrected chi connectivity index (χ0v) is 14.1. The van der Waals surface area contributed by atoms with E-state index >= 15 is 0 Å². The van der Waals surface area contributed by atoms with Crippen LogP contribution in [0.5, 0.6) is 0 Å². The number of hydrogen-bond donors (Lipinski definition) is 0. The van der Waals surface area contributed by atoms with E-state index in [2.05, 4.69) is 23.6 Å². The monoisotopic (exact) mass is 293 g/mol. The van der Waals surface area contributed by atoms with Gasteiger partial charge in [-0.05, 0) is 47.3 Å². The minimum absolute atomic E-state index is 0.183. The molecule has 0 aromatic carbocycles. The van der Waals surface area contributed by atoms with Crippen molar-refractivity contribution in [3.8, 4) is 0 Å². The molecule has 4 nitrogen and oxygen atoms in total. The van der Waals surface area contributed by atoms with E-state index in [-0.39, 0.29) is 5.91 Å². The topological polar surface area (TPSA) is 26.8 Å². The van der Waals surface area contributed by atoms with Crippen LogP contribution in [-0.2, 0) is 4.79 Å². The van der Waals surface area contributed by atoms with Crippen molar-refractivity contribution in [2.24, 2.45) is 5.41 Å². The molecule has 0 aromatic rings. The van der Waals surface area contributed by atoms with Crippen LogP contribution in [-0.4, -0.2) is 73.5 Å². The summed E-state index contributed by atoms with van der Waals surface area (Å²) in [5.41, 5.74) is 0.367. The third-order valence-corrected chi connectivity index (χ3v) is 4.77. The maximum absolute atomic E-state index is 12.1. The van der Waals surface area contributed by atoms with Crippen LogP contribution in [0.15, 0.2) is 12.2 Å². The van der Waals surface area contributed by atoms with Crippen molar-refractivity contribution in [3.63, 3.8) is 0 Å². The van der Waals surface area contributed by atoms with Gasteiger partial charge in [0, 0.05) is 43.7 Å². The summed E-state index contributed by atoms with van der Waals surface area (Å²) in [7, 11) is 4.03.